The molecule has 0 aliphatic heterocycles. The van der Waals surface area contributed by atoms with Crippen molar-refractivity contribution >= 4 is 11.6 Å². The maximum atomic E-state index is 5.87. The summed E-state index contributed by atoms with van der Waals surface area (Å²) < 4.78 is 11.4. The second kappa shape index (κ2) is 12.6. The van der Waals surface area contributed by atoms with E-state index in [1.165, 1.54) is 44.1 Å². The first-order chi connectivity index (χ1) is 13.2. The van der Waals surface area contributed by atoms with E-state index in [1.54, 1.807) is 19.4 Å². The van der Waals surface area contributed by atoms with Crippen molar-refractivity contribution in [3.63, 3.8) is 0 Å². The van der Waals surface area contributed by atoms with E-state index in [1.807, 2.05) is 18.2 Å². The van der Waals surface area contributed by atoms with Crippen LogP contribution in [0.4, 0.5) is 0 Å². The Bertz CT molecular complexity index is 662. The number of nitrogens with zero attached hydrogens (tertiary/aromatic N) is 1. The number of rotatable bonds is 13. The lowest BCUT2D eigenvalue weighted by Crippen LogP contribution is -2.14. The molecule has 0 aliphatic rings. The molecule has 1 heterocycles. The van der Waals surface area contributed by atoms with Crippen LogP contribution in [-0.2, 0) is 13.2 Å². The van der Waals surface area contributed by atoms with Crippen molar-refractivity contribution in [3.8, 4) is 11.5 Å². The Labute approximate surface area is 168 Å². The summed E-state index contributed by atoms with van der Waals surface area (Å²) in [6.07, 6.45) is 9.63. The number of hydrogen-bond donors (Lipinski definition) is 1. The van der Waals surface area contributed by atoms with Crippen LogP contribution in [0.3, 0.4) is 0 Å². The summed E-state index contributed by atoms with van der Waals surface area (Å²) in [5.74, 6) is 1.47. The number of ether oxygens (including phenoxy) is 2. The van der Waals surface area contributed by atoms with Crippen LogP contribution in [0.1, 0.15) is 56.6 Å². The van der Waals surface area contributed by atoms with E-state index in [4.69, 9.17) is 21.1 Å². The molecule has 0 amide bonds. The van der Waals surface area contributed by atoms with Gasteiger partial charge in [0.2, 0.25) is 0 Å². The third-order valence-electron chi connectivity index (χ3n) is 4.45. The molecule has 1 aromatic heterocycles. The van der Waals surface area contributed by atoms with Gasteiger partial charge in [-0.3, -0.25) is 0 Å². The van der Waals surface area contributed by atoms with Gasteiger partial charge in [-0.2, -0.15) is 0 Å². The molecule has 1 aromatic carbocycles. The highest BCUT2D eigenvalue weighted by Gasteiger charge is 2.06. The number of aromatic nitrogens is 1. The summed E-state index contributed by atoms with van der Waals surface area (Å²) in [5.41, 5.74) is 2.16. The van der Waals surface area contributed by atoms with Gasteiger partial charge in [0.1, 0.15) is 11.8 Å². The van der Waals surface area contributed by atoms with E-state index >= 15 is 0 Å². The average molecular weight is 391 g/mol. The van der Waals surface area contributed by atoms with Gasteiger partial charge in [-0.1, -0.05) is 62.8 Å². The lowest BCUT2D eigenvalue weighted by atomic mass is 10.1. The Morgan fingerprint density at radius 1 is 0.963 bits per heavy atom. The second-order valence-corrected chi connectivity index (χ2v) is 7.09. The van der Waals surface area contributed by atoms with Crippen LogP contribution >= 0.6 is 11.6 Å². The highest BCUT2D eigenvalue weighted by molar-refractivity contribution is 6.29. The molecule has 4 nitrogen and oxygen atoms in total. The highest BCUT2D eigenvalue weighted by Crippen LogP contribution is 2.28. The van der Waals surface area contributed by atoms with E-state index in [9.17, 15) is 0 Å². The summed E-state index contributed by atoms with van der Waals surface area (Å²) in [6.45, 7) is 4.57. The van der Waals surface area contributed by atoms with Crippen molar-refractivity contribution in [2.75, 3.05) is 13.7 Å². The second-order valence-electron chi connectivity index (χ2n) is 6.71. The molecular weight excluding hydrogens is 360 g/mol. The Morgan fingerprint density at radius 2 is 1.74 bits per heavy atom. The number of unbranched alkanes of at least 4 members (excludes halogenated alkanes) is 5. The fourth-order valence-corrected chi connectivity index (χ4v) is 2.97. The first kappa shape index (κ1) is 21.5. The van der Waals surface area contributed by atoms with Crippen LogP contribution < -0.4 is 14.8 Å². The van der Waals surface area contributed by atoms with Gasteiger partial charge in [-0.15, -0.1) is 0 Å². The summed E-state index contributed by atoms with van der Waals surface area (Å²) >= 11 is 5.81. The number of methoxy groups -OCH3 is 1. The van der Waals surface area contributed by atoms with Gasteiger partial charge in [0.25, 0.3) is 0 Å². The average Bonchev–Trinajstić information content (AvgIpc) is 2.70. The van der Waals surface area contributed by atoms with Crippen molar-refractivity contribution in [2.24, 2.45) is 0 Å². The fourth-order valence-electron chi connectivity index (χ4n) is 2.86. The molecule has 0 spiro atoms. The van der Waals surface area contributed by atoms with E-state index in [0.717, 1.165) is 30.2 Å². The van der Waals surface area contributed by atoms with Crippen LogP contribution in [0.2, 0.25) is 5.15 Å². The Morgan fingerprint density at radius 3 is 2.48 bits per heavy atom. The zero-order valence-corrected chi connectivity index (χ0v) is 17.2. The number of halogens is 1. The SMILES string of the molecule is CCCCCCCCNCc1ccc(OCc2ccc(Cl)nc2)c(OC)c1. The normalized spacial score (nSPS) is 10.8. The minimum Gasteiger partial charge on any atom is -0.493 e. The van der Waals surface area contributed by atoms with E-state index in [2.05, 4.69) is 23.3 Å². The van der Waals surface area contributed by atoms with Gasteiger partial charge in [-0.25, -0.2) is 4.98 Å². The van der Waals surface area contributed by atoms with Crippen LogP contribution in [-0.4, -0.2) is 18.6 Å². The number of pyridine rings is 1. The molecule has 1 N–H and O–H groups in total. The molecule has 0 unspecified atom stereocenters. The molecule has 0 atom stereocenters. The van der Waals surface area contributed by atoms with Crippen molar-refractivity contribution in [3.05, 3.63) is 52.8 Å². The summed E-state index contributed by atoms with van der Waals surface area (Å²) in [6, 6.07) is 9.73. The first-order valence-corrected chi connectivity index (χ1v) is 10.2. The molecule has 0 aliphatic carbocycles. The fraction of sp³-hybridized carbons (Fsp3) is 0.500. The third kappa shape index (κ3) is 8.19. The molecular formula is C22H31ClN2O2. The third-order valence-corrected chi connectivity index (χ3v) is 4.67. The van der Waals surface area contributed by atoms with Crippen LogP contribution in [0, 0.1) is 0 Å². The zero-order chi connectivity index (χ0) is 19.3. The number of benzene rings is 1. The zero-order valence-electron chi connectivity index (χ0n) is 16.5. The first-order valence-electron chi connectivity index (χ1n) is 9.83. The molecule has 0 saturated carbocycles. The largest absolute Gasteiger partial charge is 0.493 e. The van der Waals surface area contributed by atoms with E-state index in [0.29, 0.717) is 11.8 Å². The molecule has 5 heteroatoms. The summed E-state index contributed by atoms with van der Waals surface area (Å²) in [7, 11) is 1.67. The highest BCUT2D eigenvalue weighted by atomic mass is 35.5. The molecule has 27 heavy (non-hydrogen) atoms. The van der Waals surface area contributed by atoms with Crippen molar-refractivity contribution < 1.29 is 9.47 Å². The molecule has 0 radical (unpaired) electrons. The minimum absolute atomic E-state index is 0.427. The standard InChI is InChI=1S/C22H31ClN2O2/c1-3-4-5-6-7-8-13-24-15-18-9-11-20(21(14-18)26-2)27-17-19-10-12-22(23)25-16-19/h9-12,14,16,24H,3-8,13,15,17H2,1-2H3. The van der Waals surface area contributed by atoms with Gasteiger partial charge in [0, 0.05) is 18.3 Å². The number of hydrogen-bond acceptors (Lipinski definition) is 4. The maximum absolute atomic E-state index is 5.87. The Kier molecular flexibility index (Phi) is 10.0. The van der Waals surface area contributed by atoms with Crippen molar-refractivity contribution in [2.45, 2.75) is 58.6 Å². The molecule has 0 bridgehead atoms. The van der Waals surface area contributed by atoms with Crippen molar-refractivity contribution in [1.29, 1.82) is 0 Å². The van der Waals surface area contributed by atoms with Gasteiger partial charge in [-0.05, 0) is 36.7 Å². The van der Waals surface area contributed by atoms with E-state index < -0.39 is 0 Å². The number of nitrogens with one attached hydrogen (secondary N) is 1. The van der Waals surface area contributed by atoms with Gasteiger partial charge in [0.05, 0.1) is 7.11 Å². The molecule has 0 saturated heterocycles. The molecule has 2 rings (SSSR count). The topological polar surface area (TPSA) is 43.4 Å². The van der Waals surface area contributed by atoms with Crippen molar-refractivity contribution in [1.82, 2.24) is 10.3 Å². The lowest BCUT2D eigenvalue weighted by molar-refractivity contribution is 0.284. The smallest absolute Gasteiger partial charge is 0.161 e. The van der Waals surface area contributed by atoms with Crippen LogP contribution in [0.5, 0.6) is 11.5 Å². The van der Waals surface area contributed by atoms with Crippen LogP contribution in [0.15, 0.2) is 36.5 Å². The monoisotopic (exact) mass is 390 g/mol. The van der Waals surface area contributed by atoms with E-state index in [-0.39, 0.29) is 0 Å². The molecule has 148 valence electrons. The van der Waals surface area contributed by atoms with Gasteiger partial charge in [0.15, 0.2) is 11.5 Å². The minimum atomic E-state index is 0.427. The lowest BCUT2D eigenvalue weighted by Gasteiger charge is -2.13. The molecule has 0 fully saturated rings. The molecule has 2 aromatic rings. The predicted octanol–water partition coefficient (Wildman–Crippen LogP) is 5.77. The quantitative estimate of drug-likeness (QED) is 0.348. The summed E-state index contributed by atoms with van der Waals surface area (Å²) in [5, 5.41) is 3.99. The Hall–Kier alpha value is -1.78. The summed E-state index contributed by atoms with van der Waals surface area (Å²) in [4.78, 5) is 4.06. The van der Waals surface area contributed by atoms with Gasteiger partial charge < -0.3 is 14.8 Å². The van der Waals surface area contributed by atoms with Crippen LogP contribution in [0.25, 0.3) is 0 Å². The predicted molar refractivity (Wildman–Crippen MR) is 112 cm³/mol. The van der Waals surface area contributed by atoms with Gasteiger partial charge >= 0.3 is 0 Å². The maximum Gasteiger partial charge on any atom is 0.161 e. The Balaban J connectivity index is 1.75.